The number of aryl methyl sites for hydroxylation is 2. The van der Waals surface area contributed by atoms with Crippen LogP contribution >= 0.6 is 0 Å². The molecule has 19 heavy (non-hydrogen) atoms. The highest BCUT2D eigenvalue weighted by Gasteiger charge is 2.18. The summed E-state index contributed by atoms with van der Waals surface area (Å²) in [6.07, 6.45) is 3.71. The van der Waals surface area contributed by atoms with E-state index in [0.29, 0.717) is 5.75 Å². The quantitative estimate of drug-likeness (QED) is 0.877. The summed E-state index contributed by atoms with van der Waals surface area (Å²) in [5, 5.41) is 9.80. The van der Waals surface area contributed by atoms with Gasteiger partial charge >= 0.3 is 0 Å². The van der Waals surface area contributed by atoms with Gasteiger partial charge in [0.05, 0.1) is 0 Å². The molecule has 3 nitrogen and oxygen atoms in total. The molecule has 0 unspecified atom stereocenters. The van der Waals surface area contributed by atoms with Crippen LogP contribution in [0, 0.1) is 19.8 Å². The van der Waals surface area contributed by atoms with Gasteiger partial charge < -0.3 is 10.8 Å². The Labute approximate surface area is 116 Å². The number of rotatable bonds is 4. The molecular weight excluding hydrogens is 236 g/mol. The highest BCUT2D eigenvalue weighted by atomic mass is 16.3. The normalized spacial score (nSPS) is 17.8. The summed E-state index contributed by atoms with van der Waals surface area (Å²) in [5.41, 5.74) is 8.90. The van der Waals surface area contributed by atoms with Crippen molar-refractivity contribution in [1.82, 2.24) is 4.90 Å². The second-order valence-corrected chi connectivity index (χ2v) is 5.88. The first kappa shape index (κ1) is 14.4. The average molecular weight is 262 g/mol. The Kier molecular flexibility index (Phi) is 4.83. The fourth-order valence-electron chi connectivity index (χ4n) is 3.06. The lowest BCUT2D eigenvalue weighted by atomic mass is 9.93. The van der Waals surface area contributed by atoms with Crippen LogP contribution in [0.2, 0.25) is 0 Å². The highest BCUT2D eigenvalue weighted by Crippen LogP contribution is 2.25. The lowest BCUT2D eigenvalue weighted by Gasteiger charge is -2.32. The molecule has 106 valence electrons. The molecule has 1 aromatic carbocycles. The predicted octanol–water partition coefficient (Wildman–Crippen LogP) is 2.57. The summed E-state index contributed by atoms with van der Waals surface area (Å²) >= 11 is 0. The number of hydrogen-bond acceptors (Lipinski definition) is 3. The van der Waals surface area contributed by atoms with Crippen LogP contribution < -0.4 is 5.73 Å². The lowest BCUT2D eigenvalue weighted by molar-refractivity contribution is 0.173. The molecular formula is C16H26N2O. The van der Waals surface area contributed by atoms with Crippen molar-refractivity contribution in [3.8, 4) is 5.75 Å². The van der Waals surface area contributed by atoms with Gasteiger partial charge in [0, 0.05) is 6.54 Å². The number of nitrogens with zero attached hydrogens (tertiary/aromatic N) is 1. The molecule has 0 amide bonds. The number of benzene rings is 1. The predicted molar refractivity (Wildman–Crippen MR) is 79.3 cm³/mol. The minimum Gasteiger partial charge on any atom is -0.507 e. The number of hydrogen-bond donors (Lipinski definition) is 2. The zero-order valence-electron chi connectivity index (χ0n) is 12.2. The smallest absolute Gasteiger partial charge is 0.121 e. The molecule has 0 atom stereocenters. The SMILES string of the molecule is Cc1cc(CN2CCC(CCN)CC2)cc(C)c1O. The molecule has 1 aliphatic rings. The number of phenolic OH excluding ortho intramolecular Hbond substituents is 1. The molecule has 0 aliphatic carbocycles. The zero-order chi connectivity index (χ0) is 13.8. The van der Waals surface area contributed by atoms with Crippen molar-refractivity contribution in [2.24, 2.45) is 11.7 Å². The van der Waals surface area contributed by atoms with Crippen molar-refractivity contribution in [3.05, 3.63) is 28.8 Å². The summed E-state index contributed by atoms with van der Waals surface area (Å²) < 4.78 is 0. The van der Waals surface area contributed by atoms with Crippen LogP contribution in [0.4, 0.5) is 0 Å². The molecule has 1 heterocycles. The molecule has 0 spiro atoms. The Morgan fingerprint density at radius 1 is 1.21 bits per heavy atom. The van der Waals surface area contributed by atoms with Crippen molar-refractivity contribution >= 4 is 0 Å². The van der Waals surface area contributed by atoms with Crippen LogP contribution in [-0.4, -0.2) is 29.6 Å². The Morgan fingerprint density at radius 2 is 1.79 bits per heavy atom. The van der Waals surface area contributed by atoms with Gasteiger partial charge in [-0.2, -0.15) is 0 Å². The van der Waals surface area contributed by atoms with E-state index in [4.69, 9.17) is 5.73 Å². The molecule has 1 aromatic rings. The number of nitrogens with two attached hydrogens (primary N) is 1. The second-order valence-electron chi connectivity index (χ2n) is 5.88. The third kappa shape index (κ3) is 3.71. The van der Waals surface area contributed by atoms with Gasteiger partial charge in [-0.1, -0.05) is 12.1 Å². The minimum absolute atomic E-state index is 0.436. The maximum Gasteiger partial charge on any atom is 0.121 e. The Morgan fingerprint density at radius 3 is 2.32 bits per heavy atom. The number of piperidine rings is 1. The third-order valence-corrected chi connectivity index (χ3v) is 4.24. The largest absolute Gasteiger partial charge is 0.507 e. The van der Waals surface area contributed by atoms with E-state index in [1.54, 1.807) is 0 Å². The maximum absolute atomic E-state index is 9.80. The molecule has 3 N–H and O–H groups in total. The molecule has 1 saturated heterocycles. The lowest BCUT2D eigenvalue weighted by Crippen LogP contribution is -2.33. The van der Waals surface area contributed by atoms with Gasteiger partial charge in [-0.05, 0) is 75.4 Å². The van der Waals surface area contributed by atoms with Crippen molar-refractivity contribution in [3.63, 3.8) is 0 Å². The number of likely N-dealkylation sites (tertiary alicyclic amines) is 1. The van der Waals surface area contributed by atoms with E-state index in [-0.39, 0.29) is 0 Å². The molecule has 0 saturated carbocycles. The van der Waals surface area contributed by atoms with Crippen molar-refractivity contribution in [2.45, 2.75) is 39.7 Å². The van der Waals surface area contributed by atoms with Gasteiger partial charge in [-0.15, -0.1) is 0 Å². The van der Waals surface area contributed by atoms with Gasteiger partial charge in [-0.3, -0.25) is 4.90 Å². The van der Waals surface area contributed by atoms with Crippen LogP contribution in [0.5, 0.6) is 5.75 Å². The summed E-state index contributed by atoms with van der Waals surface area (Å²) in [7, 11) is 0. The molecule has 0 aromatic heterocycles. The van der Waals surface area contributed by atoms with Crippen LogP contribution in [0.3, 0.4) is 0 Å². The highest BCUT2D eigenvalue weighted by molar-refractivity contribution is 5.42. The molecule has 1 aliphatic heterocycles. The first-order valence-electron chi connectivity index (χ1n) is 7.31. The molecule has 3 heteroatoms. The third-order valence-electron chi connectivity index (χ3n) is 4.24. The van der Waals surface area contributed by atoms with E-state index in [0.717, 1.165) is 30.1 Å². The van der Waals surface area contributed by atoms with Crippen molar-refractivity contribution < 1.29 is 5.11 Å². The standard InChI is InChI=1S/C16H26N2O/c1-12-9-15(10-13(2)16(12)19)11-18-7-4-14(3-6-17)5-8-18/h9-10,14,19H,3-8,11,17H2,1-2H3. The van der Waals surface area contributed by atoms with E-state index in [1.807, 2.05) is 13.8 Å². The number of phenols is 1. The zero-order valence-corrected chi connectivity index (χ0v) is 12.2. The van der Waals surface area contributed by atoms with Gasteiger partial charge in [-0.25, -0.2) is 0 Å². The van der Waals surface area contributed by atoms with Crippen LogP contribution in [0.1, 0.15) is 36.0 Å². The van der Waals surface area contributed by atoms with Crippen LogP contribution in [-0.2, 0) is 6.54 Å². The van der Waals surface area contributed by atoms with E-state index in [9.17, 15) is 5.11 Å². The van der Waals surface area contributed by atoms with E-state index in [1.165, 1.54) is 37.9 Å². The molecule has 2 rings (SSSR count). The Hall–Kier alpha value is -1.06. The van der Waals surface area contributed by atoms with Gasteiger partial charge in [0.2, 0.25) is 0 Å². The summed E-state index contributed by atoms with van der Waals surface area (Å²) in [5.74, 6) is 1.26. The Bertz CT molecular complexity index is 400. The number of aromatic hydroxyl groups is 1. The molecule has 0 radical (unpaired) electrons. The first-order valence-corrected chi connectivity index (χ1v) is 7.31. The summed E-state index contributed by atoms with van der Waals surface area (Å²) in [4.78, 5) is 2.51. The van der Waals surface area contributed by atoms with Crippen LogP contribution in [0.25, 0.3) is 0 Å². The maximum atomic E-state index is 9.80. The van der Waals surface area contributed by atoms with E-state index in [2.05, 4.69) is 17.0 Å². The van der Waals surface area contributed by atoms with Gasteiger partial charge in [0.1, 0.15) is 5.75 Å². The minimum atomic E-state index is 0.436. The second kappa shape index (κ2) is 6.40. The fourth-order valence-corrected chi connectivity index (χ4v) is 3.06. The van der Waals surface area contributed by atoms with Crippen molar-refractivity contribution in [2.75, 3.05) is 19.6 Å². The monoisotopic (exact) mass is 262 g/mol. The van der Waals surface area contributed by atoms with E-state index < -0.39 is 0 Å². The molecule has 0 bridgehead atoms. The topological polar surface area (TPSA) is 49.5 Å². The fraction of sp³-hybridized carbons (Fsp3) is 0.625. The summed E-state index contributed by atoms with van der Waals surface area (Å²) in [6, 6.07) is 4.21. The summed E-state index contributed by atoms with van der Waals surface area (Å²) in [6.45, 7) is 8.10. The van der Waals surface area contributed by atoms with E-state index >= 15 is 0 Å². The van der Waals surface area contributed by atoms with Crippen LogP contribution in [0.15, 0.2) is 12.1 Å². The average Bonchev–Trinajstić information content (AvgIpc) is 2.38. The van der Waals surface area contributed by atoms with Gasteiger partial charge in [0.15, 0.2) is 0 Å². The Balaban J connectivity index is 1.92. The van der Waals surface area contributed by atoms with Crippen molar-refractivity contribution in [1.29, 1.82) is 0 Å². The first-order chi connectivity index (χ1) is 9.10. The molecule has 1 fully saturated rings. The van der Waals surface area contributed by atoms with Gasteiger partial charge in [0.25, 0.3) is 0 Å².